The zero-order valence-electron chi connectivity index (χ0n) is 17.6. The lowest BCUT2D eigenvalue weighted by atomic mass is 9.92. The molecular weight excluding hydrogens is 370 g/mol. The number of hydrogen-bond acceptors (Lipinski definition) is 4. The lowest BCUT2D eigenvalue weighted by Gasteiger charge is -2.31. The average molecular weight is 404 g/mol. The van der Waals surface area contributed by atoms with Crippen molar-refractivity contribution in [3.63, 3.8) is 0 Å². The predicted molar refractivity (Wildman–Crippen MR) is 112 cm³/mol. The second-order valence-corrected chi connectivity index (χ2v) is 8.40. The summed E-state index contributed by atoms with van der Waals surface area (Å²) >= 11 is 0. The van der Waals surface area contributed by atoms with Gasteiger partial charge in [0, 0.05) is 18.5 Å². The molecule has 0 bridgehead atoms. The van der Waals surface area contributed by atoms with Crippen LogP contribution >= 0.6 is 0 Å². The van der Waals surface area contributed by atoms with Crippen molar-refractivity contribution in [2.75, 3.05) is 6.54 Å². The van der Waals surface area contributed by atoms with Crippen molar-refractivity contribution in [1.29, 1.82) is 0 Å². The predicted octanol–water partition coefficient (Wildman–Crippen LogP) is 4.76. The number of amides is 1. The first-order valence-electron chi connectivity index (χ1n) is 10.6. The van der Waals surface area contributed by atoms with Crippen LogP contribution < -0.4 is 10.1 Å². The minimum absolute atomic E-state index is 0.00820. The molecular formula is C23H33NO5. The van der Waals surface area contributed by atoms with E-state index < -0.39 is 11.6 Å². The second kappa shape index (κ2) is 11.0. The summed E-state index contributed by atoms with van der Waals surface area (Å²) < 4.78 is 5.82. The number of aliphatic carboxylic acids is 1. The maximum absolute atomic E-state index is 12.3. The Kier molecular flexibility index (Phi) is 8.68. The maximum Gasteiger partial charge on any atom is 0.303 e. The molecule has 0 unspecified atom stereocenters. The number of carboxylic acid groups (broad SMARTS) is 1. The summed E-state index contributed by atoms with van der Waals surface area (Å²) in [6.45, 7) is 4.38. The Bertz CT molecular complexity index is 726. The SMILES string of the molecule is CC1(C)CC(=O)c2cc(C(=O)NCCCCCCCCCCC(=O)O)ccc2O1. The molecule has 0 saturated heterocycles. The van der Waals surface area contributed by atoms with Gasteiger partial charge < -0.3 is 15.2 Å². The molecule has 1 aromatic carbocycles. The Hall–Kier alpha value is -2.37. The maximum atomic E-state index is 12.3. The third-order valence-corrected chi connectivity index (χ3v) is 5.12. The summed E-state index contributed by atoms with van der Waals surface area (Å²) in [5.74, 6) is -0.324. The molecule has 160 valence electrons. The largest absolute Gasteiger partial charge is 0.487 e. The van der Waals surface area contributed by atoms with Crippen LogP contribution in [0.25, 0.3) is 0 Å². The van der Waals surface area contributed by atoms with Gasteiger partial charge in [0.2, 0.25) is 0 Å². The Balaban J connectivity index is 1.61. The highest BCUT2D eigenvalue weighted by Gasteiger charge is 2.32. The number of benzene rings is 1. The first kappa shape index (κ1) is 22.9. The van der Waals surface area contributed by atoms with E-state index in [1.807, 2.05) is 13.8 Å². The molecule has 6 nitrogen and oxygen atoms in total. The van der Waals surface area contributed by atoms with E-state index in [0.29, 0.717) is 29.8 Å². The number of carboxylic acids is 1. The molecule has 1 aliphatic heterocycles. The molecule has 1 aromatic rings. The zero-order chi connectivity index (χ0) is 21.3. The van der Waals surface area contributed by atoms with Crippen LogP contribution in [0.2, 0.25) is 0 Å². The van der Waals surface area contributed by atoms with Gasteiger partial charge in [-0.3, -0.25) is 14.4 Å². The summed E-state index contributed by atoms with van der Waals surface area (Å²) in [6, 6.07) is 5.04. The molecule has 0 spiro atoms. The minimum Gasteiger partial charge on any atom is -0.487 e. The highest BCUT2D eigenvalue weighted by Crippen LogP contribution is 2.33. The second-order valence-electron chi connectivity index (χ2n) is 8.40. The summed E-state index contributed by atoms with van der Waals surface area (Å²) in [4.78, 5) is 35.1. The highest BCUT2D eigenvalue weighted by molar-refractivity contribution is 6.03. The average Bonchev–Trinajstić information content (AvgIpc) is 2.64. The van der Waals surface area contributed by atoms with Crippen molar-refractivity contribution in [3.05, 3.63) is 29.3 Å². The fraction of sp³-hybridized carbons (Fsp3) is 0.609. The molecule has 0 radical (unpaired) electrons. The van der Waals surface area contributed by atoms with Gasteiger partial charge in [-0.05, 0) is 44.9 Å². The lowest BCUT2D eigenvalue weighted by molar-refractivity contribution is -0.137. The lowest BCUT2D eigenvalue weighted by Crippen LogP contribution is -2.36. The van der Waals surface area contributed by atoms with Gasteiger partial charge in [-0.2, -0.15) is 0 Å². The molecule has 1 heterocycles. The number of rotatable bonds is 12. The fourth-order valence-corrected chi connectivity index (χ4v) is 3.56. The van der Waals surface area contributed by atoms with Crippen LogP contribution in [0.15, 0.2) is 18.2 Å². The summed E-state index contributed by atoms with van der Waals surface area (Å²) in [5.41, 5.74) is 0.467. The minimum atomic E-state index is -0.716. The number of hydrogen-bond donors (Lipinski definition) is 2. The summed E-state index contributed by atoms with van der Waals surface area (Å²) in [5, 5.41) is 11.5. The molecule has 2 N–H and O–H groups in total. The third kappa shape index (κ3) is 7.87. The number of fused-ring (bicyclic) bond motifs is 1. The van der Waals surface area contributed by atoms with E-state index in [1.54, 1.807) is 18.2 Å². The van der Waals surface area contributed by atoms with Crippen LogP contribution in [0.1, 0.15) is 98.8 Å². The van der Waals surface area contributed by atoms with Crippen LogP contribution in [-0.2, 0) is 4.79 Å². The third-order valence-electron chi connectivity index (χ3n) is 5.12. The molecule has 0 aromatic heterocycles. The van der Waals surface area contributed by atoms with Gasteiger partial charge in [-0.25, -0.2) is 0 Å². The number of carbonyl (C=O) groups is 3. The topological polar surface area (TPSA) is 92.7 Å². The van der Waals surface area contributed by atoms with E-state index in [0.717, 1.165) is 51.4 Å². The van der Waals surface area contributed by atoms with E-state index >= 15 is 0 Å². The van der Waals surface area contributed by atoms with Crippen molar-refractivity contribution in [2.24, 2.45) is 0 Å². The molecule has 0 atom stereocenters. The van der Waals surface area contributed by atoms with Crippen LogP contribution in [0.4, 0.5) is 0 Å². The molecule has 2 rings (SSSR count). The van der Waals surface area contributed by atoms with Gasteiger partial charge in [-0.15, -0.1) is 0 Å². The Morgan fingerprint density at radius 2 is 1.66 bits per heavy atom. The monoisotopic (exact) mass is 403 g/mol. The van der Waals surface area contributed by atoms with E-state index in [4.69, 9.17) is 9.84 Å². The number of carbonyl (C=O) groups excluding carboxylic acids is 2. The van der Waals surface area contributed by atoms with Crippen molar-refractivity contribution in [2.45, 2.75) is 83.7 Å². The van der Waals surface area contributed by atoms with Gasteiger partial charge in [0.1, 0.15) is 11.4 Å². The molecule has 0 saturated carbocycles. The molecule has 29 heavy (non-hydrogen) atoms. The van der Waals surface area contributed by atoms with Crippen LogP contribution in [-0.4, -0.2) is 34.9 Å². The van der Waals surface area contributed by atoms with Gasteiger partial charge in [-0.1, -0.05) is 38.5 Å². The molecule has 1 amide bonds. The van der Waals surface area contributed by atoms with E-state index in [9.17, 15) is 14.4 Å². The molecule has 0 fully saturated rings. The fourth-order valence-electron chi connectivity index (χ4n) is 3.56. The van der Waals surface area contributed by atoms with Crippen molar-refractivity contribution < 1.29 is 24.2 Å². The number of nitrogens with one attached hydrogen (secondary N) is 1. The number of unbranched alkanes of at least 4 members (excludes halogenated alkanes) is 7. The van der Waals surface area contributed by atoms with Crippen LogP contribution in [0, 0.1) is 0 Å². The Labute approximate surface area is 173 Å². The van der Waals surface area contributed by atoms with Gasteiger partial charge >= 0.3 is 5.97 Å². The first-order chi connectivity index (χ1) is 13.8. The zero-order valence-corrected chi connectivity index (χ0v) is 17.6. The van der Waals surface area contributed by atoms with E-state index in [2.05, 4.69) is 5.32 Å². The number of ether oxygens (including phenoxy) is 1. The molecule has 1 aliphatic rings. The quantitative estimate of drug-likeness (QED) is 0.491. The van der Waals surface area contributed by atoms with Gasteiger partial charge in [0.05, 0.1) is 12.0 Å². The summed E-state index contributed by atoms with van der Waals surface area (Å²) in [7, 11) is 0. The van der Waals surface area contributed by atoms with E-state index in [1.165, 1.54) is 0 Å². The normalized spacial score (nSPS) is 14.8. The van der Waals surface area contributed by atoms with Gasteiger partial charge in [0.15, 0.2) is 5.78 Å². The molecule has 6 heteroatoms. The van der Waals surface area contributed by atoms with Crippen molar-refractivity contribution in [1.82, 2.24) is 5.32 Å². The van der Waals surface area contributed by atoms with E-state index in [-0.39, 0.29) is 18.1 Å². The summed E-state index contributed by atoms with van der Waals surface area (Å²) in [6.07, 6.45) is 8.78. The van der Waals surface area contributed by atoms with Crippen LogP contribution in [0.5, 0.6) is 5.75 Å². The smallest absolute Gasteiger partial charge is 0.303 e. The number of Topliss-reactive ketones (excluding diaryl/α,β-unsaturated/α-hetero) is 1. The van der Waals surface area contributed by atoms with Crippen molar-refractivity contribution >= 4 is 17.7 Å². The standard InChI is InChI=1S/C23H33NO5/c1-23(2)16-19(25)18-15-17(12-13-20(18)29-23)22(28)24-14-10-8-6-4-3-5-7-9-11-21(26)27/h12-13,15H,3-11,14,16H2,1-2H3,(H,24,28)(H,26,27). The van der Waals surface area contributed by atoms with Gasteiger partial charge in [0.25, 0.3) is 5.91 Å². The van der Waals surface area contributed by atoms with Crippen molar-refractivity contribution in [3.8, 4) is 5.75 Å². The highest BCUT2D eigenvalue weighted by atomic mass is 16.5. The van der Waals surface area contributed by atoms with Crippen LogP contribution in [0.3, 0.4) is 0 Å². The Morgan fingerprint density at radius 1 is 1.03 bits per heavy atom. The first-order valence-corrected chi connectivity index (χ1v) is 10.6. The Morgan fingerprint density at radius 3 is 2.31 bits per heavy atom. The number of ketones is 1. The molecule has 0 aliphatic carbocycles.